The topological polar surface area (TPSA) is 9.23 Å². The molecule has 0 rings (SSSR count). The number of hydrogen-bond acceptors (Lipinski definition) is 1. The van der Waals surface area contributed by atoms with E-state index in [1.54, 1.807) is 7.11 Å². The molecule has 90 valence electrons. The summed E-state index contributed by atoms with van der Waals surface area (Å²) in [6.07, 6.45) is 1.69. The molecule has 0 saturated carbocycles. The van der Waals surface area contributed by atoms with E-state index >= 15 is 0 Å². The Morgan fingerprint density at radius 3 is 1.00 bits per heavy atom. The lowest BCUT2D eigenvalue weighted by molar-refractivity contribution is 0.134. The van der Waals surface area contributed by atoms with E-state index in [4.69, 9.17) is 4.74 Å². The molecule has 0 heterocycles. The van der Waals surface area contributed by atoms with Crippen LogP contribution in [0, 0.1) is 11.8 Å². The zero-order valence-corrected chi connectivity index (χ0v) is 11.8. The molecule has 0 spiro atoms. The van der Waals surface area contributed by atoms with Gasteiger partial charge in [0.15, 0.2) is 0 Å². The van der Waals surface area contributed by atoms with E-state index < -0.39 is 0 Å². The Labute approximate surface area is 92.2 Å². The highest BCUT2D eigenvalue weighted by Gasteiger charge is 1.80. The van der Waals surface area contributed by atoms with Crippen LogP contribution in [0.25, 0.3) is 0 Å². The van der Waals surface area contributed by atoms with E-state index in [1.165, 1.54) is 6.42 Å². The van der Waals surface area contributed by atoms with Crippen LogP contribution in [0.1, 0.15) is 61.8 Å². The standard InChI is InChI=1S/C5H12.C4H10O.C4H10/c1-4-5(2)3;1-4(2)5-3;1-4(2)3/h5H,4H2,1-3H3;4H,1-3H3;4H,1-3H3. The van der Waals surface area contributed by atoms with Crippen LogP contribution in [0.15, 0.2) is 0 Å². The van der Waals surface area contributed by atoms with Crippen LogP contribution in [0.2, 0.25) is 0 Å². The van der Waals surface area contributed by atoms with Crippen molar-refractivity contribution < 1.29 is 4.74 Å². The average Bonchev–Trinajstić information content (AvgIpc) is 2.04. The Balaban J connectivity index is -0.000000131. The lowest BCUT2D eigenvalue weighted by Gasteiger charge is -1.94. The van der Waals surface area contributed by atoms with Gasteiger partial charge in [0.1, 0.15) is 0 Å². The van der Waals surface area contributed by atoms with Gasteiger partial charge in [-0.05, 0) is 25.7 Å². The summed E-state index contributed by atoms with van der Waals surface area (Å²) in [6, 6.07) is 0. The normalized spacial score (nSPS) is 9.43. The smallest absolute Gasteiger partial charge is 0.0515 e. The molecule has 0 radical (unpaired) electrons. The predicted molar refractivity (Wildman–Crippen MR) is 67.8 cm³/mol. The van der Waals surface area contributed by atoms with Gasteiger partial charge in [0, 0.05) is 7.11 Å². The van der Waals surface area contributed by atoms with Crippen LogP contribution in [-0.2, 0) is 4.74 Å². The first-order chi connectivity index (χ1) is 6.27. The van der Waals surface area contributed by atoms with Gasteiger partial charge < -0.3 is 4.74 Å². The molecule has 0 unspecified atom stereocenters. The molecule has 0 bridgehead atoms. The van der Waals surface area contributed by atoms with Crippen molar-refractivity contribution in [2.45, 2.75) is 67.9 Å². The first-order valence-corrected chi connectivity index (χ1v) is 5.80. The summed E-state index contributed by atoms with van der Waals surface area (Å²) in [4.78, 5) is 0. The number of methoxy groups -OCH3 is 1. The molecule has 0 amide bonds. The van der Waals surface area contributed by atoms with Crippen LogP contribution in [0.3, 0.4) is 0 Å². The number of rotatable bonds is 2. The second kappa shape index (κ2) is 15.4. The first-order valence-electron chi connectivity index (χ1n) is 5.80. The Hall–Kier alpha value is -0.0400. The number of ether oxygens (including phenoxy) is 1. The molecule has 0 aliphatic rings. The highest BCUT2D eigenvalue weighted by atomic mass is 16.5. The molecule has 1 nitrogen and oxygen atoms in total. The van der Waals surface area contributed by atoms with E-state index in [1.807, 2.05) is 13.8 Å². The Morgan fingerprint density at radius 1 is 0.857 bits per heavy atom. The zero-order valence-electron chi connectivity index (χ0n) is 11.8. The summed E-state index contributed by atoms with van der Waals surface area (Å²) in [7, 11) is 1.70. The van der Waals surface area contributed by atoms with Gasteiger partial charge in [-0.15, -0.1) is 0 Å². The van der Waals surface area contributed by atoms with Crippen molar-refractivity contribution >= 4 is 0 Å². The van der Waals surface area contributed by atoms with Crippen LogP contribution in [0.4, 0.5) is 0 Å². The van der Waals surface area contributed by atoms with Gasteiger partial charge >= 0.3 is 0 Å². The van der Waals surface area contributed by atoms with Gasteiger partial charge in [-0.2, -0.15) is 0 Å². The van der Waals surface area contributed by atoms with Crippen molar-refractivity contribution in [3.63, 3.8) is 0 Å². The summed E-state index contributed by atoms with van der Waals surface area (Å²) in [5.74, 6) is 1.72. The van der Waals surface area contributed by atoms with Crippen LogP contribution in [0.5, 0.6) is 0 Å². The maximum absolute atomic E-state index is 4.75. The highest BCUT2D eigenvalue weighted by molar-refractivity contribution is 4.32. The fourth-order valence-electron chi connectivity index (χ4n) is 0. The second-order valence-corrected chi connectivity index (χ2v) is 4.82. The quantitative estimate of drug-likeness (QED) is 0.630. The fourth-order valence-corrected chi connectivity index (χ4v) is 0. The summed E-state index contributed by atoms with van der Waals surface area (Å²) in [5.41, 5.74) is 0. The lowest BCUT2D eigenvalue weighted by atomic mass is 10.2. The molecule has 0 aromatic rings. The molecule has 0 saturated heterocycles. The lowest BCUT2D eigenvalue weighted by Crippen LogP contribution is -1.94. The molecule has 0 aliphatic heterocycles. The maximum Gasteiger partial charge on any atom is 0.0515 e. The van der Waals surface area contributed by atoms with Crippen LogP contribution >= 0.6 is 0 Å². The monoisotopic (exact) mass is 204 g/mol. The summed E-state index contributed by atoms with van der Waals surface area (Å²) >= 11 is 0. The van der Waals surface area contributed by atoms with Crippen molar-refractivity contribution in [2.24, 2.45) is 11.8 Å². The molecule has 1 heteroatoms. The molecule has 0 atom stereocenters. The van der Waals surface area contributed by atoms with Gasteiger partial charge in [-0.25, -0.2) is 0 Å². The summed E-state index contributed by atoms with van der Waals surface area (Å²) < 4.78 is 4.75. The van der Waals surface area contributed by atoms with Gasteiger partial charge in [0.05, 0.1) is 6.10 Å². The van der Waals surface area contributed by atoms with Gasteiger partial charge in [0.2, 0.25) is 0 Å². The largest absolute Gasteiger partial charge is 0.382 e. The molecule has 14 heavy (non-hydrogen) atoms. The highest BCUT2D eigenvalue weighted by Crippen LogP contribution is 1.93. The van der Waals surface area contributed by atoms with Crippen LogP contribution in [-0.4, -0.2) is 13.2 Å². The van der Waals surface area contributed by atoms with E-state index in [2.05, 4.69) is 41.5 Å². The number of hydrogen-bond donors (Lipinski definition) is 0. The SMILES string of the molecule is CC(C)C.CCC(C)C.COC(C)C. The Kier molecular flexibility index (Phi) is 21.5. The third-order valence-corrected chi connectivity index (χ3v) is 1.29. The molecule has 0 aliphatic carbocycles. The second-order valence-electron chi connectivity index (χ2n) is 4.82. The van der Waals surface area contributed by atoms with Crippen molar-refractivity contribution in [1.29, 1.82) is 0 Å². The van der Waals surface area contributed by atoms with Crippen molar-refractivity contribution in [3.8, 4) is 0 Å². The third kappa shape index (κ3) is 91.6. The Morgan fingerprint density at radius 2 is 1.00 bits per heavy atom. The van der Waals surface area contributed by atoms with E-state index in [0.717, 1.165) is 11.8 Å². The van der Waals surface area contributed by atoms with Crippen molar-refractivity contribution in [3.05, 3.63) is 0 Å². The maximum atomic E-state index is 4.75. The summed E-state index contributed by atoms with van der Waals surface area (Å²) in [5, 5.41) is 0. The molecule has 0 fully saturated rings. The fraction of sp³-hybridized carbons (Fsp3) is 1.00. The predicted octanol–water partition coefficient (Wildman–Crippen LogP) is 4.76. The molecular formula is C13H32O. The van der Waals surface area contributed by atoms with Crippen LogP contribution < -0.4 is 0 Å². The molecular weight excluding hydrogens is 172 g/mol. The molecule has 0 aromatic heterocycles. The minimum absolute atomic E-state index is 0.384. The zero-order chi connectivity index (χ0) is 12.1. The molecule has 0 N–H and O–H groups in total. The van der Waals surface area contributed by atoms with E-state index in [9.17, 15) is 0 Å². The molecule has 0 aromatic carbocycles. The minimum atomic E-state index is 0.384. The van der Waals surface area contributed by atoms with Gasteiger partial charge in [-0.1, -0.05) is 48.0 Å². The third-order valence-electron chi connectivity index (χ3n) is 1.29. The summed E-state index contributed by atoms with van der Waals surface area (Å²) in [6.45, 7) is 17.1. The van der Waals surface area contributed by atoms with Gasteiger partial charge in [-0.3, -0.25) is 0 Å². The van der Waals surface area contributed by atoms with Gasteiger partial charge in [0.25, 0.3) is 0 Å². The first kappa shape index (κ1) is 19.5. The van der Waals surface area contributed by atoms with Crippen molar-refractivity contribution in [2.75, 3.05) is 7.11 Å². The van der Waals surface area contributed by atoms with E-state index in [0.29, 0.717) is 6.10 Å². The van der Waals surface area contributed by atoms with E-state index in [-0.39, 0.29) is 0 Å². The minimum Gasteiger partial charge on any atom is -0.382 e. The van der Waals surface area contributed by atoms with Crippen molar-refractivity contribution in [1.82, 2.24) is 0 Å². The average molecular weight is 204 g/mol. The Bertz CT molecular complexity index is 64.5.